The molecule has 0 bridgehead atoms. The number of rotatable bonds is 3. The van der Waals surface area contributed by atoms with Crippen molar-refractivity contribution >= 4 is 0 Å². The minimum atomic E-state index is -2.81. The molecule has 1 aromatic heterocycles. The molecule has 0 saturated heterocycles. The topological polar surface area (TPSA) is 55.1 Å². The van der Waals surface area contributed by atoms with E-state index < -0.39 is 12.0 Å². The lowest BCUT2D eigenvalue weighted by molar-refractivity contribution is 0.146. The van der Waals surface area contributed by atoms with E-state index in [0.717, 1.165) is 0 Å². The molecule has 0 aliphatic carbocycles. The Hall–Kier alpha value is -1.90. The van der Waals surface area contributed by atoms with Crippen LogP contribution in [0.25, 0.3) is 0 Å². The molecule has 0 aliphatic heterocycles. The molecule has 0 amide bonds. The van der Waals surface area contributed by atoms with E-state index in [9.17, 15) is 8.78 Å². The van der Waals surface area contributed by atoms with Gasteiger partial charge in [-0.25, -0.2) is 13.8 Å². The summed E-state index contributed by atoms with van der Waals surface area (Å²) in [5.74, 6) is -0.0406. The first-order chi connectivity index (χ1) is 7.13. The van der Waals surface area contributed by atoms with Gasteiger partial charge in [0.15, 0.2) is 5.69 Å². The summed E-state index contributed by atoms with van der Waals surface area (Å²) in [4.78, 5) is 3.60. The van der Waals surface area contributed by atoms with Crippen molar-refractivity contribution in [2.24, 2.45) is 0 Å². The largest absolute Gasteiger partial charge is 0.496 e. The molecule has 0 aromatic carbocycles. The molecule has 0 N–H and O–H groups in total. The normalized spacial score (nSPS) is 9.87. The molecule has 6 heteroatoms. The zero-order valence-corrected chi connectivity index (χ0v) is 8.12. The maximum atomic E-state index is 12.6. The van der Waals surface area contributed by atoms with Crippen molar-refractivity contribution in [3.63, 3.8) is 0 Å². The Kier molecular flexibility index (Phi) is 3.39. The van der Waals surface area contributed by atoms with Gasteiger partial charge in [0, 0.05) is 6.07 Å². The molecule has 0 spiro atoms. The van der Waals surface area contributed by atoms with E-state index in [1.165, 1.54) is 20.3 Å². The van der Waals surface area contributed by atoms with Crippen LogP contribution >= 0.6 is 0 Å². The van der Waals surface area contributed by atoms with Crippen LogP contribution in [0.1, 0.15) is 17.7 Å². The molecule has 4 nitrogen and oxygen atoms in total. The molecular formula is C9H8F2N2O2. The number of halogens is 2. The van der Waals surface area contributed by atoms with Gasteiger partial charge in [-0.2, -0.15) is 5.26 Å². The molecule has 0 unspecified atom stereocenters. The summed E-state index contributed by atoms with van der Waals surface area (Å²) in [6.45, 7) is 0. The van der Waals surface area contributed by atoms with Gasteiger partial charge >= 0.3 is 0 Å². The van der Waals surface area contributed by atoms with E-state index in [-0.39, 0.29) is 17.3 Å². The summed E-state index contributed by atoms with van der Waals surface area (Å²) < 4.78 is 34.7. The van der Waals surface area contributed by atoms with Crippen LogP contribution in [0.15, 0.2) is 6.07 Å². The maximum absolute atomic E-state index is 12.6. The first-order valence-electron chi connectivity index (χ1n) is 3.95. The fourth-order valence-electron chi connectivity index (χ4n) is 1.08. The van der Waals surface area contributed by atoms with E-state index in [0.29, 0.717) is 0 Å². The number of aromatic nitrogens is 1. The summed E-state index contributed by atoms with van der Waals surface area (Å²) in [6.07, 6.45) is -2.81. The van der Waals surface area contributed by atoms with Crippen LogP contribution in [0.2, 0.25) is 0 Å². The molecule has 0 radical (unpaired) electrons. The average Bonchev–Trinajstić information content (AvgIpc) is 2.26. The Morgan fingerprint density at radius 3 is 2.47 bits per heavy atom. The monoisotopic (exact) mass is 214 g/mol. The first kappa shape index (κ1) is 11.2. The minimum absolute atomic E-state index is 0.0628. The van der Waals surface area contributed by atoms with E-state index in [1.807, 2.05) is 0 Å². The molecule has 0 aliphatic rings. The lowest BCUT2D eigenvalue weighted by atomic mass is 10.2. The second kappa shape index (κ2) is 4.55. The number of alkyl halides is 2. The van der Waals surface area contributed by atoms with Crippen LogP contribution in [0, 0.1) is 11.3 Å². The van der Waals surface area contributed by atoms with Gasteiger partial charge in [-0.3, -0.25) is 0 Å². The predicted molar refractivity (Wildman–Crippen MR) is 47.0 cm³/mol. The fraction of sp³-hybridized carbons (Fsp3) is 0.333. The van der Waals surface area contributed by atoms with E-state index in [4.69, 9.17) is 14.7 Å². The van der Waals surface area contributed by atoms with Crippen molar-refractivity contribution < 1.29 is 18.3 Å². The molecule has 1 heterocycles. The van der Waals surface area contributed by atoms with Crippen LogP contribution in [-0.2, 0) is 0 Å². The Labute approximate surface area is 85.1 Å². The first-order valence-corrected chi connectivity index (χ1v) is 3.95. The van der Waals surface area contributed by atoms with Crippen LogP contribution in [-0.4, -0.2) is 19.2 Å². The lowest BCUT2D eigenvalue weighted by Crippen LogP contribution is -2.01. The Balaban J connectivity index is 3.41. The van der Waals surface area contributed by atoms with Crippen LogP contribution in [0.3, 0.4) is 0 Å². The summed E-state index contributed by atoms with van der Waals surface area (Å²) in [6, 6.07) is 2.79. The van der Waals surface area contributed by atoms with Crippen LogP contribution < -0.4 is 9.47 Å². The van der Waals surface area contributed by atoms with Crippen molar-refractivity contribution in [1.82, 2.24) is 4.98 Å². The SMILES string of the molecule is COc1cc(OC)c(C(F)F)c(C#N)n1. The lowest BCUT2D eigenvalue weighted by Gasteiger charge is -2.10. The van der Waals surface area contributed by atoms with Gasteiger partial charge in [0.1, 0.15) is 11.8 Å². The van der Waals surface area contributed by atoms with Crippen molar-refractivity contribution in [2.75, 3.05) is 14.2 Å². The number of hydrogen-bond acceptors (Lipinski definition) is 4. The zero-order valence-electron chi connectivity index (χ0n) is 8.12. The Bertz CT molecular complexity index is 402. The third kappa shape index (κ3) is 2.13. The van der Waals surface area contributed by atoms with Gasteiger partial charge in [0.2, 0.25) is 5.88 Å². The average molecular weight is 214 g/mol. The van der Waals surface area contributed by atoms with Crippen molar-refractivity contribution in [3.05, 3.63) is 17.3 Å². The highest BCUT2D eigenvalue weighted by atomic mass is 19.3. The van der Waals surface area contributed by atoms with Crippen molar-refractivity contribution in [2.45, 2.75) is 6.43 Å². The number of methoxy groups -OCH3 is 2. The highest BCUT2D eigenvalue weighted by Gasteiger charge is 2.21. The summed E-state index contributed by atoms with van der Waals surface area (Å²) >= 11 is 0. The standard InChI is InChI=1S/C9H8F2N2O2/c1-14-6-3-7(15-2)13-5(4-12)8(6)9(10)11/h3,9H,1-2H3. The summed E-state index contributed by atoms with van der Waals surface area (Å²) in [5.41, 5.74) is -0.901. The fourth-order valence-corrected chi connectivity index (χ4v) is 1.08. The molecule has 80 valence electrons. The number of pyridine rings is 1. The van der Waals surface area contributed by atoms with Crippen LogP contribution in [0.5, 0.6) is 11.6 Å². The number of nitriles is 1. The minimum Gasteiger partial charge on any atom is -0.496 e. The van der Waals surface area contributed by atoms with Gasteiger partial charge in [-0.15, -0.1) is 0 Å². The maximum Gasteiger partial charge on any atom is 0.270 e. The van der Waals surface area contributed by atoms with E-state index in [1.54, 1.807) is 6.07 Å². The van der Waals surface area contributed by atoms with Gasteiger partial charge < -0.3 is 9.47 Å². The van der Waals surface area contributed by atoms with Crippen molar-refractivity contribution in [3.8, 4) is 17.7 Å². The summed E-state index contributed by atoms with van der Waals surface area (Å²) in [5, 5.41) is 8.65. The number of ether oxygens (including phenoxy) is 2. The number of hydrogen-bond donors (Lipinski definition) is 0. The van der Waals surface area contributed by atoms with Gasteiger partial charge in [0.05, 0.1) is 19.8 Å². The number of nitrogens with zero attached hydrogens (tertiary/aromatic N) is 2. The van der Waals surface area contributed by atoms with E-state index in [2.05, 4.69) is 4.98 Å². The molecule has 0 fully saturated rings. The smallest absolute Gasteiger partial charge is 0.270 e. The Morgan fingerprint density at radius 2 is 2.07 bits per heavy atom. The molecule has 1 rings (SSSR count). The quantitative estimate of drug-likeness (QED) is 0.771. The molecular weight excluding hydrogens is 206 g/mol. The van der Waals surface area contributed by atoms with Gasteiger partial charge in [0.25, 0.3) is 6.43 Å². The Morgan fingerprint density at radius 1 is 1.40 bits per heavy atom. The highest BCUT2D eigenvalue weighted by Crippen LogP contribution is 2.33. The van der Waals surface area contributed by atoms with Crippen molar-refractivity contribution in [1.29, 1.82) is 5.26 Å². The van der Waals surface area contributed by atoms with Gasteiger partial charge in [-0.05, 0) is 0 Å². The van der Waals surface area contributed by atoms with E-state index >= 15 is 0 Å². The predicted octanol–water partition coefficient (Wildman–Crippen LogP) is 1.91. The summed E-state index contributed by atoms with van der Waals surface area (Å²) in [7, 11) is 2.56. The second-order valence-electron chi connectivity index (χ2n) is 2.54. The third-order valence-corrected chi connectivity index (χ3v) is 1.75. The molecule has 0 saturated carbocycles. The molecule has 0 atom stereocenters. The third-order valence-electron chi connectivity index (χ3n) is 1.75. The second-order valence-corrected chi connectivity index (χ2v) is 2.54. The van der Waals surface area contributed by atoms with Crippen LogP contribution in [0.4, 0.5) is 8.78 Å². The zero-order chi connectivity index (χ0) is 11.4. The molecule has 15 heavy (non-hydrogen) atoms. The highest BCUT2D eigenvalue weighted by molar-refractivity contribution is 5.46. The molecule has 1 aromatic rings. The van der Waals surface area contributed by atoms with Gasteiger partial charge in [-0.1, -0.05) is 0 Å².